The Hall–Kier alpha value is -1.83. The number of rotatable bonds is 4. The topological polar surface area (TPSA) is 71.8 Å². The van der Waals surface area contributed by atoms with Crippen molar-refractivity contribution in [2.75, 3.05) is 20.1 Å². The number of carboxylic acids is 1. The summed E-state index contributed by atoms with van der Waals surface area (Å²) >= 11 is 6.46. The Morgan fingerprint density at radius 2 is 2.07 bits per heavy atom. The van der Waals surface area contributed by atoms with Crippen molar-refractivity contribution in [1.29, 1.82) is 0 Å². The van der Waals surface area contributed by atoms with Crippen LogP contribution in [0.15, 0.2) is 17.1 Å². The zero-order chi connectivity index (χ0) is 18.6. The molecule has 27 heavy (non-hydrogen) atoms. The Bertz CT molecular complexity index is 974. The van der Waals surface area contributed by atoms with Crippen molar-refractivity contribution in [3.05, 3.63) is 38.9 Å². The minimum atomic E-state index is -1.34. The third kappa shape index (κ3) is 3.51. The quantitative estimate of drug-likeness (QED) is 0.827. The first kappa shape index (κ1) is 19.9. The average Bonchev–Trinajstić information content (AvgIpc) is 3.34. The van der Waals surface area contributed by atoms with Gasteiger partial charge in [0.2, 0.25) is 5.43 Å². The van der Waals surface area contributed by atoms with E-state index >= 15 is 0 Å². The number of carbonyl (C=O) groups is 1. The number of pyridine rings is 1. The normalized spacial score (nSPS) is 19.9. The lowest BCUT2D eigenvalue weighted by Crippen LogP contribution is -2.23. The van der Waals surface area contributed by atoms with Gasteiger partial charge in [-0.15, -0.1) is 12.4 Å². The predicted octanol–water partition coefficient (Wildman–Crippen LogP) is 3.33. The summed E-state index contributed by atoms with van der Waals surface area (Å²) in [6.45, 7) is 1.52. The maximum Gasteiger partial charge on any atom is 0.341 e. The number of likely N-dealkylation sites (N-methyl/N-ethyl adjacent to an activating group) is 1. The lowest BCUT2D eigenvalue weighted by molar-refractivity contribution is 0.0695. The summed E-state index contributed by atoms with van der Waals surface area (Å²) < 4.78 is 22.2. The van der Waals surface area contributed by atoms with Crippen LogP contribution in [0, 0.1) is 5.82 Å². The molecule has 1 atom stereocenters. The second kappa shape index (κ2) is 7.30. The van der Waals surface area contributed by atoms with Gasteiger partial charge in [0, 0.05) is 25.3 Å². The Morgan fingerprint density at radius 3 is 2.63 bits per heavy atom. The molecule has 1 saturated heterocycles. The van der Waals surface area contributed by atoms with Gasteiger partial charge in [0.05, 0.1) is 10.9 Å². The summed E-state index contributed by atoms with van der Waals surface area (Å²) in [6.07, 6.45) is 3.60. The monoisotopic (exact) mass is 416 g/mol. The van der Waals surface area contributed by atoms with E-state index < -0.39 is 17.2 Å². The molecule has 6 nitrogen and oxygen atoms in total. The number of nitrogens with zero attached hydrogens (tertiary/aromatic N) is 2. The average molecular weight is 417 g/mol. The highest BCUT2D eigenvalue weighted by molar-refractivity contribution is 6.36. The van der Waals surface area contributed by atoms with Gasteiger partial charge in [0.25, 0.3) is 0 Å². The number of halogens is 3. The molecule has 1 saturated carbocycles. The van der Waals surface area contributed by atoms with E-state index in [0.717, 1.165) is 31.9 Å². The van der Waals surface area contributed by atoms with Gasteiger partial charge in [0.1, 0.15) is 16.7 Å². The van der Waals surface area contributed by atoms with E-state index in [1.165, 1.54) is 6.20 Å². The summed E-state index contributed by atoms with van der Waals surface area (Å²) in [5, 5.41) is 9.28. The number of hydrogen-bond acceptors (Lipinski definition) is 4. The lowest BCUT2D eigenvalue weighted by Gasteiger charge is -2.19. The van der Waals surface area contributed by atoms with E-state index in [4.69, 9.17) is 16.3 Å². The van der Waals surface area contributed by atoms with Crippen LogP contribution in [0.25, 0.3) is 10.9 Å². The van der Waals surface area contributed by atoms with Crippen molar-refractivity contribution in [3.8, 4) is 5.75 Å². The highest BCUT2D eigenvalue weighted by Crippen LogP contribution is 2.42. The largest absolute Gasteiger partial charge is 0.484 e. The first-order valence-electron chi connectivity index (χ1n) is 8.52. The van der Waals surface area contributed by atoms with E-state index in [2.05, 4.69) is 4.90 Å². The molecule has 1 aromatic heterocycles. The molecule has 4 rings (SSSR count). The molecule has 1 N–H and O–H groups in total. The van der Waals surface area contributed by atoms with Gasteiger partial charge in [0.15, 0.2) is 11.6 Å². The fourth-order valence-electron chi connectivity index (χ4n) is 3.48. The number of aromatic nitrogens is 1. The molecule has 2 aromatic rings. The first-order valence-corrected chi connectivity index (χ1v) is 8.90. The molecule has 1 aliphatic carbocycles. The second-order valence-electron chi connectivity index (χ2n) is 7.00. The lowest BCUT2D eigenvalue weighted by atomic mass is 10.1. The summed E-state index contributed by atoms with van der Waals surface area (Å²) in [7, 11) is 1.96. The highest BCUT2D eigenvalue weighted by atomic mass is 35.5. The number of fused-ring (bicyclic) bond motifs is 1. The van der Waals surface area contributed by atoms with E-state index in [-0.39, 0.29) is 46.3 Å². The summed E-state index contributed by atoms with van der Waals surface area (Å²) in [5.74, 6) is -2.16. The van der Waals surface area contributed by atoms with Gasteiger partial charge >= 0.3 is 5.97 Å². The van der Waals surface area contributed by atoms with Gasteiger partial charge in [-0.2, -0.15) is 0 Å². The van der Waals surface area contributed by atoms with Gasteiger partial charge in [-0.3, -0.25) is 4.79 Å². The van der Waals surface area contributed by atoms with Gasteiger partial charge in [-0.25, -0.2) is 9.18 Å². The van der Waals surface area contributed by atoms with Crippen molar-refractivity contribution in [2.24, 2.45) is 0 Å². The minimum Gasteiger partial charge on any atom is -0.484 e. The molecule has 0 radical (unpaired) electrons. The molecule has 0 amide bonds. The molecular weight excluding hydrogens is 398 g/mol. The predicted molar refractivity (Wildman–Crippen MR) is 102 cm³/mol. The maximum absolute atomic E-state index is 14.7. The fourth-order valence-corrected chi connectivity index (χ4v) is 3.82. The van der Waals surface area contributed by atoms with E-state index in [1.54, 1.807) is 4.57 Å². The van der Waals surface area contributed by atoms with Crippen molar-refractivity contribution in [1.82, 2.24) is 9.47 Å². The van der Waals surface area contributed by atoms with E-state index in [0.29, 0.717) is 12.1 Å². The van der Waals surface area contributed by atoms with Crippen LogP contribution < -0.4 is 10.2 Å². The van der Waals surface area contributed by atoms with Crippen LogP contribution in [-0.2, 0) is 0 Å². The second-order valence-corrected chi connectivity index (χ2v) is 7.38. The van der Waals surface area contributed by atoms with E-state index in [9.17, 15) is 19.1 Å². The van der Waals surface area contributed by atoms with Crippen molar-refractivity contribution >= 4 is 40.9 Å². The van der Waals surface area contributed by atoms with Crippen molar-refractivity contribution in [2.45, 2.75) is 31.4 Å². The molecule has 1 unspecified atom stereocenters. The molecule has 146 valence electrons. The molecule has 2 heterocycles. The summed E-state index contributed by atoms with van der Waals surface area (Å²) in [5.41, 5.74) is -0.782. The minimum absolute atomic E-state index is 0. The number of ether oxygens (including phenoxy) is 1. The molecular formula is C18H19Cl2FN2O4. The number of benzene rings is 1. The first-order chi connectivity index (χ1) is 12.4. The number of aromatic carboxylic acids is 1. The van der Waals surface area contributed by atoms with E-state index in [1.807, 2.05) is 7.05 Å². The standard InChI is InChI=1S/C18H18ClFN2O4.ClH/c1-21-5-4-10(7-21)26-17-13(20)6-11-15(14(17)19)22(9-2-3-9)8-12(16(11)23)18(24)25;/h6,8-10H,2-5,7H2,1H3,(H,24,25);1H. The maximum atomic E-state index is 14.7. The highest BCUT2D eigenvalue weighted by Gasteiger charge is 2.31. The van der Waals surface area contributed by atoms with Gasteiger partial charge < -0.3 is 19.3 Å². The molecule has 0 spiro atoms. The third-order valence-electron chi connectivity index (χ3n) is 4.97. The fraction of sp³-hybridized carbons (Fsp3) is 0.444. The molecule has 2 aliphatic rings. The van der Waals surface area contributed by atoms with Crippen LogP contribution in [0.1, 0.15) is 35.7 Å². The summed E-state index contributed by atoms with van der Waals surface area (Å²) in [6, 6.07) is 1.10. The molecule has 2 fully saturated rings. The Labute approximate surface area is 165 Å². The molecule has 1 aliphatic heterocycles. The van der Waals surface area contributed by atoms with Crippen molar-refractivity contribution < 1.29 is 19.0 Å². The van der Waals surface area contributed by atoms with Crippen LogP contribution in [0.5, 0.6) is 5.75 Å². The van der Waals surface area contributed by atoms with Gasteiger partial charge in [-0.05, 0) is 32.4 Å². The SMILES string of the molecule is CN1CCC(Oc2c(F)cc3c(=O)c(C(=O)O)cn(C4CC4)c3c2Cl)C1.Cl. The van der Waals surface area contributed by atoms with Crippen LogP contribution >= 0.6 is 24.0 Å². The molecule has 0 bridgehead atoms. The smallest absolute Gasteiger partial charge is 0.341 e. The van der Waals surface area contributed by atoms with Crippen molar-refractivity contribution in [3.63, 3.8) is 0 Å². The number of hydrogen-bond donors (Lipinski definition) is 1. The summed E-state index contributed by atoms with van der Waals surface area (Å²) in [4.78, 5) is 26.0. The Balaban J connectivity index is 0.00000210. The van der Waals surface area contributed by atoms with Crippen LogP contribution in [-0.4, -0.2) is 46.8 Å². The van der Waals surface area contributed by atoms with Crippen LogP contribution in [0.3, 0.4) is 0 Å². The molecule has 9 heteroatoms. The van der Waals surface area contributed by atoms with Crippen LogP contribution in [0.2, 0.25) is 5.02 Å². The zero-order valence-corrected chi connectivity index (χ0v) is 16.1. The van der Waals surface area contributed by atoms with Crippen LogP contribution in [0.4, 0.5) is 4.39 Å². The zero-order valence-electron chi connectivity index (χ0n) is 14.6. The number of likely N-dealkylation sites (tertiary alicyclic amines) is 1. The Morgan fingerprint density at radius 1 is 1.37 bits per heavy atom. The number of carboxylic acid groups (broad SMARTS) is 1. The Kier molecular flexibility index (Phi) is 5.38. The molecule has 1 aromatic carbocycles. The van der Waals surface area contributed by atoms with Gasteiger partial charge in [-0.1, -0.05) is 11.6 Å². The third-order valence-corrected chi connectivity index (χ3v) is 5.32.